The molecule has 0 aliphatic carbocycles. The summed E-state index contributed by atoms with van der Waals surface area (Å²) in [7, 11) is 1.68. The van der Waals surface area contributed by atoms with Gasteiger partial charge in [0, 0.05) is 28.5 Å². The van der Waals surface area contributed by atoms with Gasteiger partial charge in [-0.2, -0.15) is 0 Å². The van der Waals surface area contributed by atoms with E-state index in [0.717, 1.165) is 27.0 Å². The first-order chi connectivity index (χ1) is 9.60. The van der Waals surface area contributed by atoms with Crippen molar-refractivity contribution >= 4 is 44.5 Å². The Labute approximate surface area is 132 Å². The van der Waals surface area contributed by atoms with Crippen LogP contribution in [0.5, 0.6) is 0 Å². The molecule has 0 radical (unpaired) electrons. The molecule has 2 aromatic carbocycles. The van der Waals surface area contributed by atoms with Gasteiger partial charge >= 0.3 is 0 Å². The summed E-state index contributed by atoms with van der Waals surface area (Å²) in [6.07, 6.45) is 0. The maximum atomic E-state index is 5.77. The maximum Gasteiger partial charge on any atom is 0.106 e. The van der Waals surface area contributed by atoms with Crippen LogP contribution in [-0.4, -0.2) is 12.1 Å². The predicted octanol–water partition coefficient (Wildman–Crippen LogP) is 3.97. The van der Waals surface area contributed by atoms with Crippen LogP contribution in [-0.2, 0) is 11.3 Å². The van der Waals surface area contributed by atoms with Gasteiger partial charge in [0.25, 0.3) is 0 Å². The number of thiocarbonyl (C=S) groups is 1. The average Bonchev–Trinajstić information content (AvgIpc) is 2.41. The number of nitrogens with two attached hydrogens (primary N) is 1. The zero-order chi connectivity index (χ0) is 14.5. The fourth-order valence-electron chi connectivity index (χ4n) is 1.89. The summed E-state index contributed by atoms with van der Waals surface area (Å²) in [6, 6.07) is 13.8. The number of nitrogens with one attached hydrogen (secondary N) is 1. The van der Waals surface area contributed by atoms with E-state index >= 15 is 0 Å². The zero-order valence-electron chi connectivity index (χ0n) is 11.0. The molecule has 20 heavy (non-hydrogen) atoms. The van der Waals surface area contributed by atoms with Crippen LogP contribution in [0.1, 0.15) is 11.1 Å². The number of anilines is 2. The molecule has 3 nitrogen and oxygen atoms in total. The lowest BCUT2D eigenvalue weighted by molar-refractivity contribution is 0.185. The van der Waals surface area contributed by atoms with Crippen LogP contribution in [0.2, 0.25) is 0 Å². The van der Waals surface area contributed by atoms with Crippen LogP contribution in [0.15, 0.2) is 46.9 Å². The van der Waals surface area contributed by atoms with Crippen LogP contribution in [0.25, 0.3) is 0 Å². The SMILES string of the molecule is COCc1cccc(Nc2ccc(Br)cc2C(N)=S)c1. The molecule has 0 aromatic heterocycles. The second-order valence-corrected chi connectivity index (χ2v) is 5.67. The minimum Gasteiger partial charge on any atom is -0.389 e. The van der Waals surface area contributed by atoms with Gasteiger partial charge in [-0.15, -0.1) is 0 Å². The molecule has 2 rings (SSSR count). The molecule has 0 aliphatic heterocycles. The largest absolute Gasteiger partial charge is 0.389 e. The second kappa shape index (κ2) is 6.83. The highest BCUT2D eigenvalue weighted by Gasteiger charge is 2.06. The molecule has 104 valence electrons. The fraction of sp³-hybridized carbons (Fsp3) is 0.133. The Morgan fingerprint density at radius 1 is 1.30 bits per heavy atom. The summed E-state index contributed by atoms with van der Waals surface area (Å²) in [5.41, 5.74) is 9.54. The molecule has 0 aliphatic rings. The van der Waals surface area contributed by atoms with Crippen molar-refractivity contribution in [1.82, 2.24) is 0 Å². The smallest absolute Gasteiger partial charge is 0.106 e. The topological polar surface area (TPSA) is 47.3 Å². The Kier molecular flexibility index (Phi) is 5.11. The predicted molar refractivity (Wildman–Crippen MR) is 90.5 cm³/mol. The second-order valence-electron chi connectivity index (χ2n) is 4.31. The Morgan fingerprint density at radius 2 is 2.10 bits per heavy atom. The lowest BCUT2D eigenvalue weighted by Gasteiger charge is -2.12. The Bertz CT molecular complexity index is 631. The molecule has 0 atom stereocenters. The van der Waals surface area contributed by atoms with Crippen molar-refractivity contribution in [3.05, 3.63) is 58.1 Å². The van der Waals surface area contributed by atoms with E-state index in [2.05, 4.69) is 21.2 Å². The Morgan fingerprint density at radius 3 is 2.80 bits per heavy atom. The summed E-state index contributed by atoms with van der Waals surface area (Å²) in [5, 5.41) is 3.34. The molecule has 0 saturated heterocycles. The van der Waals surface area contributed by atoms with Gasteiger partial charge in [0.1, 0.15) is 4.99 Å². The fourth-order valence-corrected chi connectivity index (χ4v) is 2.42. The highest BCUT2D eigenvalue weighted by Crippen LogP contribution is 2.25. The number of rotatable bonds is 5. The molecular formula is C15H15BrN2OS. The first-order valence-electron chi connectivity index (χ1n) is 6.04. The molecule has 0 bridgehead atoms. The number of benzene rings is 2. The van der Waals surface area contributed by atoms with E-state index in [1.807, 2.05) is 42.5 Å². The van der Waals surface area contributed by atoms with E-state index in [-0.39, 0.29) is 0 Å². The van der Waals surface area contributed by atoms with E-state index < -0.39 is 0 Å². The van der Waals surface area contributed by atoms with Gasteiger partial charge in [-0.25, -0.2) is 0 Å². The number of hydrogen-bond donors (Lipinski definition) is 2. The summed E-state index contributed by atoms with van der Waals surface area (Å²) < 4.78 is 6.08. The molecule has 0 heterocycles. The number of halogens is 1. The van der Waals surface area contributed by atoms with E-state index in [1.165, 1.54) is 0 Å². The summed E-state index contributed by atoms with van der Waals surface area (Å²) in [4.78, 5) is 0.363. The van der Waals surface area contributed by atoms with Gasteiger partial charge in [-0.1, -0.05) is 40.3 Å². The van der Waals surface area contributed by atoms with E-state index in [1.54, 1.807) is 7.11 Å². The molecular weight excluding hydrogens is 336 g/mol. The number of ether oxygens (including phenoxy) is 1. The lowest BCUT2D eigenvalue weighted by atomic mass is 10.1. The third-order valence-electron chi connectivity index (χ3n) is 2.76. The molecule has 0 saturated carbocycles. The standard InChI is InChI=1S/C15H15BrN2OS/c1-19-9-10-3-2-4-12(7-10)18-14-6-5-11(16)8-13(14)15(17)20/h2-8,18H,9H2,1H3,(H2,17,20). The van der Waals surface area contributed by atoms with Crippen molar-refractivity contribution in [2.75, 3.05) is 12.4 Å². The van der Waals surface area contributed by atoms with Crippen LogP contribution >= 0.6 is 28.1 Å². The number of methoxy groups -OCH3 is 1. The normalized spacial score (nSPS) is 10.3. The summed E-state index contributed by atoms with van der Waals surface area (Å²) in [5.74, 6) is 0. The summed E-state index contributed by atoms with van der Waals surface area (Å²) in [6.45, 7) is 0.581. The molecule has 3 N–H and O–H groups in total. The molecule has 0 amide bonds. The average molecular weight is 351 g/mol. The van der Waals surface area contributed by atoms with Crippen LogP contribution in [0, 0.1) is 0 Å². The third-order valence-corrected chi connectivity index (χ3v) is 3.48. The minimum absolute atomic E-state index is 0.363. The van der Waals surface area contributed by atoms with Crippen molar-refractivity contribution in [3.63, 3.8) is 0 Å². The first kappa shape index (κ1) is 15.0. The van der Waals surface area contributed by atoms with Gasteiger partial charge < -0.3 is 15.8 Å². The van der Waals surface area contributed by atoms with E-state index in [9.17, 15) is 0 Å². The Hall–Kier alpha value is -1.43. The minimum atomic E-state index is 0.363. The van der Waals surface area contributed by atoms with Gasteiger partial charge in [-0.3, -0.25) is 0 Å². The third kappa shape index (κ3) is 3.79. The van der Waals surface area contributed by atoms with Crippen molar-refractivity contribution < 1.29 is 4.74 Å². The van der Waals surface area contributed by atoms with Gasteiger partial charge in [0.2, 0.25) is 0 Å². The first-order valence-corrected chi connectivity index (χ1v) is 7.24. The van der Waals surface area contributed by atoms with Crippen molar-refractivity contribution in [3.8, 4) is 0 Å². The van der Waals surface area contributed by atoms with Crippen molar-refractivity contribution in [2.45, 2.75) is 6.61 Å². The highest BCUT2D eigenvalue weighted by atomic mass is 79.9. The van der Waals surface area contributed by atoms with Crippen molar-refractivity contribution in [2.24, 2.45) is 5.73 Å². The molecule has 2 aromatic rings. The van der Waals surface area contributed by atoms with Crippen LogP contribution in [0.3, 0.4) is 0 Å². The van der Waals surface area contributed by atoms with E-state index in [0.29, 0.717) is 11.6 Å². The molecule has 0 spiro atoms. The molecule has 0 unspecified atom stereocenters. The monoisotopic (exact) mass is 350 g/mol. The van der Waals surface area contributed by atoms with Crippen molar-refractivity contribution in [1.29, 1.82) is 0 Å². The quantitative estimate of drug-likeness (QED) is 0.800. The van der Waals surface area contributed by atoms with Gasteiger partial charge in [0.05, 0.1) is 6.61 Å². The van der Waals surface area contributed by atoms with Gasteiger partial charge in [-0.05, 0) is 35.9 Å². The van der Waals surface area contributed by atoms with E-state index in [4.69, 9.17) is 22.7 Å². The molecule has 0 fully saturated rings. The Balaban J connectivity index is 2.30. The van der Waals surface area contributed by atoms with Crippen LogP contribution in [0.4, 0.5) is 11.4 Å². The van der Waals surface area contributed by atoms with Gasteiger partial charge in [0.15, 0.2) is 0 Å². The lowest BCUT2D eigenvalue weighted by Crippen LogP contribution is -2.12. The maximum absolute atomic E-state index is 5.77. The van der Waals surface area contributed by atoms with Crippen LogP contribution < -0.4 is 11.1 Å². The highest BCUT2D eigenvalue weighted by molar-refractivity contribution is 9.10. The number of hydrogen-bond acceptors (Lipinski definition) is 3. The zero-order valence-corrected chi connectivity index (χ0v) is 13.4. The summed E-state index contributed by atoms with van der Waals surface area (Å²) >= 11 is 8.51. The molecule has 5 heteroatoms.